The summed E-state index contributed by atoms with van der Waals surface area (Å²) < 4.78 is 11.4. The first-order chi connectivity index (χ1) is 37.3. The number of hydrogen-bond donors (Lipinski definition) is 6. The number of carbonyl (C=O) groups excluding carboxylic acids is 1. The van der Waals surface area contributed by atoms with E-state index in [0.29, 0.717) is 12.8 Å². The molecule has 0 spiro atoms. The van der Waals surface area contributed by atoms with Crippen molar-refractivity contribution < 1.29 is 39.8 Å². The van der Waals surface area contributed by atoms with Gasteiger partial charge in [-0.15, -0.1) is 0 Å². The smallest absolute Gasteiger partial charge is 0.220 e. The summed E-state index contributed by atoms with van der Waals surface area (Å²) in [4.78, 5) is 13.1. The predicted octanol–water partition coefficient (Wildman–Crippen LogP) is 17.9. The zero-order chi connectivity index (χ0) is 55.0. The van der Waals surface area contributed by atoms with Crippen LogP contribution in [0.4, 0.5) is 0 Å². The van der Waals surface area contributed by atoms with E-state index in [2.05, 4.69) is 31.3 Å². The third-order valence-corrected chi connectivity index (χ3v) is 16.6. The van der Waals surface area contributed by atoms with Crippen LogP contribution in [0.15, 0.2) is 12.2 Å². The second kappa shape index (κ2) is 57.2. The molecule has 0 aliphatic carbocycles. The molecule has 7 atom stereocenters. The summed E-state index contributed by atoms with van der Waals surface area (Å²) in [5.74, 6) is -0.139. The third-order valence-electron chi connectivity index (χ3n) is 16.6. The van der Waals surface area contributed by atoms with E-state index in [-0.39, 0.29) is 12.5 Å². The average molecular weight is 1080 g/mol. The molecule has 1 aliphatic heterocycles. The minimum Gasteiger partial charge on any atom is -0.394 e. The standard InChI is InChI=1S/C67H131NO8/c1-3-5-7-9-11-13-15-17-19-21-23-25-26-27-28-29-30-31-32-33-34-35-37-38-40-42-44-46-48-50-52-54-56-61(70)60(59-75-67-66(74)65(73)64(72)62(58-69)76-67)68-63(71)57-55-53-51-49-47-45-43-41-39-36-24-22-20-18-16-14-12-10-8-6-4-2/h22,24,60-62,64-67,69-70,72-74H,3-21,23,25-59H2,1-2H3,(H,68,71)/b24-22-. The number of ether oxygens (including phenoxy) is 2. The Hall–Kier alpha value is -1.07. The second-order valence-electron chi connectivity index (χ2n) is 24.0. The average Bonchev–Trinajstić information content (AvgIpc) is 3.42. The highest BCUT2D eigenvalue weighted by Gasteiger charge is 2.44. The molecule has 9 nitrogen and oxygen atoms in total. The van der Waals surface area contributed by atoms with E-state index in [1.54, 1.807) is 0 Å². The van der Waals surface area contributed by atoms with Gasteiger partial charge < -0.3 is 40.3 Å². The maximum atomic E-state index is 13.1. The fourth-order valence-corrected chi connectivity index (χ4v) is 11.3. The summed E-state index contributed by atoms with van der Waals surface area (Å²) in [5, 5.41) is 54.9. The number of rotatable bonds is 60. The summed E-state index contributed by atoms with van der Waals surface area (Å²) in [6.45, 7) is 3.89. The van der Waals surface area contributed by atoms with Gasteiger partial charge in [-0.05, 0) is 38.5 Å². The molecule has 0 saturated carbocycles. The molecule has 1 heterocycles. The number of allylic oxidation sites excluding steroid dienone is 2. The van der Waals surface area contributed by atoms with Crippen molar-refractivity contribution in [3.05, 3.63) is 12.2 Å². The molecule has 9 heteroatoms. The van der Waals surface area contributed by atoms with Crippen LogP contribution < -0.4 is 5.32 Å². The van der Waals surface area contributed by atoms with Crippen molar-refractivity contribution in [1.82, 2.24) is 5.32 Å². The molecule has 0 bridgehead atoms. The lowest BCUT2D eigenvalue weighted by Gasteiger charge is -2.40. The Bertz CT molecular complexity index is 1200. The van der Waals surface area contributed by atoms with Crippen molar-refractivity contribution in [3.63, 3.8) is 0 Å². The first kappa shape index (κ1) is 72.9. The third kappa shape index (κ3) is 45.6. The second-order valence-corrected chi connectivity index (χ2v) is 24.0. The molecule has 1 rings (SSSR count). The van der Waals surface area contributed by atoms with Crippen LogP contribution in [0.1, 0.15) is 354 Å². The summed E-state index contributed by atoms with van der Waals surface area (Å²) in [6.07, 6.45) is 65.6. The van der Waals surface area contributed by atoms with Gasteiger partial charge in [-0.25, -0.2) is 0 Å². The molecule has 0 aromatic rings. The van der Waals surface area contributed by atoms with Gasteiger partial charge >= 0.3 is 0 Å². The highest BCUT2D eigenvalue weighted by atomic mass is 16.7. The number of hydrogen-bond acceptors (Lipinski definition) is 8. The predicted molar refractivity (Wildman–Crippen MR) is 323 cm³/mol. The fraction of sp³-hybridized carbons (Fsp3) is 0.955. The Balaban J connectivity index is 2.10. The molecule has 1 fully saturated rings. The molecule has 76 heavy (non-hydrogen) atoms. The van der Waals surface area contributed by atoms with Gasteiger partial charge in [0.15, 0.2) is 6.29 Å². The van der Waals surface area contributed by atoms with E-state index in [1.807, 2.05) is 0 Å². The van der Waals surface area contributed by atoms with E-state index < -0.39 is 49.5 Å². The Kier molecular flexibility index (Phi) is 54.9. The molecule has 1 saturated heterocycles. The molecule has 452 valence electrons. The molecule has 0 radical (unpaired) electrons. The van der Waals surface area contributed by atoms with Crippen molar-refractivity contribution in [2.24, 2.45) is 0 Å². The summed E-state index contributed by atoms with van der Waals surface area (Å²) in [5.41, 5.74) is 0. The van der Waals surface area contributed by atoms with E-state index in [0.717, 1.165) is 38.5 Å². The van der Waals surface area contributed by atoms with Crippen LogP contribution >= 0.6 is 0 Å². The van der Waals surface area contributed by atoms with E-state index in [4.69, 9.17) is 9.47 Å². The van der Waals surface area contributed by atoms with Crippen LogP contribution in [-0.4, -0.2) is 87.5 Å². The van der Waals surface area contributed by atoms with Crippen LogP contribution in [0.3, 0.4) is 0 Å². The van der Waals surface area contributed by atoms with Crippen molar-refractivity contribution in [2.45, 2.75) is 397 Å². The van der Waals surface area contributed by atoms with Gasteiger partial charge in [-0.2, -0.15) is 0 Å². The number of aliphatic hydroxyl groups excluding tert-OH is 5. The molecule has 1 aliphatic rings. The topological polar surface area (TPSA) is 149 Å². The molecule has 7 unspecified atom stereocenters. The van der Waals surface area contributed by atoms with Gasteiger partial charge in [0.2, 0.25) is 5.91 Å². The lowest BCUT2D eigenvalue weighted by molar-refractivity contribution is -0.302. The van der Waals surface area contributed by atoms with Crippen molar-refractivity contribution in [2.75, 3.05) is 13.2 Å². The monoisotopic (exact) mass is 1080 g/mol. The Morgan fingerprint density at radius 2 is 0.737 bits per heavy atom. The van der Waals surface area contributed by atoms with Crippen LogP contribution in [0.5, 0.6) is 0 Å². The molecule has 0 aromatic heterocycles. The maximum Gasteiger partial charge on any atom is 0.220 e. The van der Waals surface area contributed by atoms with Crippen molar-refractivity contribution in [1.29, 1.82) is 0 Å². The zero-order valence-electron chi connectivity index (χ0n) is 50.5. The number of aliphatic hydroxyl groups is 5. The van der Waals surface area contributed by atoms with Crippen LogP contribution in [0.25, 0.3) is 0 Å². The highest BCUT2D eigenvalue weighted by molar-refractivity contribution is 5.76. The van der Waals surface area contributed by atoms with Gasteiger partial charge in [0.05, 0.1) is 25.4 Å². The molecule has 6 N–H and O–H groups in total. The fourth-order valence-electron chi connectivity index (χ4n) is 11.3. The van der Waals surface area contributed by atoms with E-state index in [9.17, 15) is 30.3 Å². The highest BCUT2D eigenvalue weighted by Crippen LogP contribution is 2.24. The van der Waals surface area contributed by atoms with Gasteiger partial charge in [0.25, 0.3) is 0 Å². The number of nitrogens with one attached hydrogen (secondary N) is 1. The number of unbranched alkanes of at least 4 members (excludes halogenated alkanes) is 48. The lowest BCUT2D eigenvalue weighted by Crippen LogP contribution is -2.60. The number of amides is 1. The normalized spacial score (nSPS) is 18.8. The maximum absolute atomic E-state index is 13.1. The van der Waals surface area contributed by atoms with Gasteiger partial charge in [-0.1, -0.05) is 321 Å². The van der Waals surface area contributed by atoms with Crippen LogP contribution in [0.2, 0.25) is 0 Å². The Morgan fingerprint density at radius 1 is 0.434 bits per heavy atom. The molecule has 0 aromatic carbocycles. The number of carbonyl (C=O) groups is 1. The van der Waals surface area contributed by atoms with Crippen LogP contribution in [-0.2, 0) is 14.3 Å². The summed E-state index contributed by atoms with van der Waals surface area (Å²) in [6, 6.07) is -0.719. The van der Waals surface area contributed by atoms with E-state index >= 15 is 0 Å². The largest absolute Gasteiger partial charge is 0.394 e. The summed E-state index contributed by atoms with van der Waals surface area (Å²) in [7, 11) is 0. The zero-order valence-corrected chi connectivity index (χ0v) is 50.5. The summed E-state index contributed by atoms with van der Waals surface area (Å²) >= 11 is 0. The Labute approximate surface area is 471 Å². The lowest BCUT2D eigenvalue weighted by atomic mass is 9.99. The molecular weight excluding hydrogens is 947 g/mol. The van der Waals surface area contributed by atoms with Gasteiger partial charge in [0, 0.05) is 6.42 Å². The van der Waals surface area contributed by atoms with Crippen molar-refractivity contribution in [3.8, 4) is 0 Å². The van der Waals surface area contributed by atoms with Crippen LogP contribution in [0, 0.1) is 0 Å². The first-order valence-electron chi connectivity index (χ1n) is 33.9. The quantitative estimate of drug-likeness (QED) is 0.0261. The molecule has 1 amide bonds. The van der Waals surface area contributed by atoms with Crippen molar-refractivity contribution >= 4 is 5.91 Å². The molecular formula is C67H131NO8. The first-order valence-corrected chi connectivity index (χ1v) is 33.9. The van der Waals surface area contributed by atoms with Gasteiger partial charge in [0.1, 0.15) is 24.4 Å². The van der Waals surface area contributed by atoms with Gasteiger partial charge in [-0.3, -0.25) is 4.79 Å². The minimum absolute atomic E-state index is 0.134. The SMILES string of the molecule is CCCCCCCCCC/C=C\CCCCCCCCCCCC(=O)NC(COC1OC(CO)C(O)C(O)C1O)C(O)CCCCCCCCCCCCCCCCCCCCCCCCCCCCCCCCCC. The minimum atomic E-state index is -1.55. The Morgan fingerprint density at radius 3 is 1.07 bits per heavy atom. The van der Waals surface area contributed by atoms with E-state index in [1.165, 1.54) is 289 Å².